The summed E-state index contributed by atoms with van der Waals surface area (Å²) in [7, 11) is 0. The monoisotopic (exact) mass is 422 g/mol. The number of carboxylic acids is 1. The quantitative estimate of drug-likeness (QED) is 0.260. The first kappa shape index (κ1) is 21.5. The molecule has 1 aromatic carbocycles. The number of halogens is 1. The molecule has 1 aliphatic rings. The van der Waals surface area contributed by atoms with Crippen molar-refractivity contribution in [2.75, 3.05) is 0 Å². The third-order valence-corrected chi connectivity index (χ3v) is 6.65. The number of hydrogen-bond acceptors (Lipinski definition) is 2. The summed E-state index contributed by atoms with van der Waals surface area (Å²) in [5.74, 6) is -0.813. The Hall–Kier alpha value is -2.69. The van der Waals surface area contributed by atoms with E-state index in [1.54, 1.807) is 6.07 Å². The van der Waals surface area contributed by atoms with Gasteiger partial charge in [-0.15, -0.1) is 0 Å². The summed E-state index contributed by atoms with van der Waals surface area (Å²) in [5, 5.41) is 10.9. The van der Waals surface area contributed by atoms with E-state index >= 15 is 0 Å². The summed E-state index contributed by atoms with van der Waals surface area (Å²) in [6.07, 6.45) is 12.0. The van der Waals surface area contributed by atoms with Crippen LogP contribution in [0.3, 0.4) is 0 Å². The molecule has 0 amide bonds. The summed E-state index contributed by atoms with van der Waals surface area (Å²) in [6, 6.07) is 8.82. The Labute approximate surface area is 183 Å². The fourth-order valence-electron chi connectivity index (χ4n) is 5.16. The lowest BCUT2D eigenvalue weighted by Gasteiger charge is -2.18. The second-order valence-electron chi connectivity index (χ2n) is 8.82. The number of rotatable bonds is 8. The topological polar surface area (TPSA) is 55.1 Å². The van der Waals surface area contributed by atoms with Gasteiger partial charge in [0.15, 0.2) is 0 Å². The van der Waals surface area contributed by atoms with Crippen molar-refractivity contribution in [1.82, 2.24) is 9.55 Å². The Bertz CT molecular complexity index is 1070. The molecule has 4 nitrogen and oxygen atoms in total. The van der Waals surface area contributed by atoms with Crippen LogP contribution in [0.1, 0.15) is 79.0 Å². The highest BCUT2D eigenvalue weighted by atomic mass is 19.1. The summed E-state index contributed by atoms with van der Waals surface area (Å²) < 4.78 is 15.9. The first-order valence-electron chi connectivity index (χ1n) is 11.5. The maximum Gasteiger partial charge on any atom is 0.337 e. The van der Waals surface area contributed by atoms with Crippen LogP contribution < -0.4 is 0 Å². The molecule has 5 heteroatoms. The lowest BCUT2D eigenvalue weighted by atomic mass is 9.93. The molecule has 1 unspecified atom stereocenters. The van der Waals surface area contributed by atoms with Gasteiger partial charge in [-0.2, -0.15) is 4.39 Å². The number of carboxylic acid groups (broad SMARTS) is 1. The fourth-order valence-corrected chi connectivity index (χ4v) is 5.16. The van der Waals surface area contributed by atoms with Crippen molar-refractivity contribution >= 4 is 16.9 Å². The molecule has 1 N–H and O–H groups in total. The molecule has 0 aliphatic heterocycles. The van der Waals surface area contributed by atoms with Crippen LogP contribution in [0.5, 0.6) is 0 Å². The van der Waals surface area contributed by atoms with Gasteiger partial charge in [-0.05, 0) is 60.9 Å². The number of pyridine rings is 1. The van der Waals surface area contributed by atoms with Crippen LogP contribution in [0.2, 0.25) is 0 Å². The van der Waals surface area contributed by atoms with Crippen LogP contribution in [0.25, 0.3) is 10.9 Å². The molecule has 0 fully saturated rings. The number of aromatic carboxylic acids is 1. The number of para-hydroxylation sites is 1. The zero-order valence-electron chi connectivity index (χ0n) is 18.2. The maximum absolute atomic E-state index is 13.8. The van der Waals surface area contributed by atoms with E-state index in [0.717, 1.165) is 35.7 Å². The summed E-state index contributed by atoms with van der Waals surface area (Å²) in [6.45, 7) is 2.69. The molecular weight excluding hydrogens is 391 g/mol. The normalized spacial score (nSPS) is 16.3. The molecule has 164 valence electrons. The SMILES string of the molecule is CCCCCCC1CCCc2c(n(Cc3ccnc(F)c3)c3c(C(=O)O)cccc23)C1. The Balaban J connectivity index is 1.77. The zero-order chi connectivity index (χ0) is 21.8. The number of fused-ring (bicyclic) bond motifs is 3. The molecule has 2 heterocycles. The van der Waals surface area contributed by atoms with Crippen LogP contribution in [-0.2, 0) is 19.4 Å². The van der Waals surface area contributed by atoms with Gasteiger partial charge in [0.25, 0.3) is 0 Å². The molecule has 0 saturated heterocycles. The Morgan fingerprint density at radius 2 is 2.13 bits per heavy atom. The van der Waals surface area contributed by atoms with Gasteiger partial charge < -0.3 is 9.67 Å². The zero-order valence-corrected chi connectivity index (χ0v) is 18.2. The van der Waals surface area contributed by atoms with Gasteiger partial charge in [-0.1, -0.05) is 51.2 Å². The minimum atomic E-state index is -0.920. The largest absolute Gasteiger partial charge is 0.478 e. The minimum absolute atomic E-state index is 0.319. The van der Waals surface area contributed by atoms with E-state index in [4.69, 9.17) is 0 Å². The maximum atomic E-state index is 13.8. The van der Waals surface area contributed by atoms with E-state index in [-0.39, 0.29) is 0 Å². The third-order valence-electron chi connectivity index (χ3n) is 6.65. The highest BCUT2D eigenvalue weighted by Crippen LogP contribution is 2.36. The first-order valence-corrected chi connectivity index (χ1v) is 11.5. The van der Waals surface area contributed by atoms with Gasteiger partial charge in [0, 0.05) is 23.8 Å². The van der Waals surface area contributed by atoms with Gasteiger partial charge >= 0.3 is 5.97 Å². The molecule has 1 atom stereocenters. The van der Waals surface area contributed by atoms with Crippen molar-refractivity contribution in [2.24, 2.45) is 5.92 Å². The summed E-state index contributed by atoms with van der Waals surface area (Å²) in [4.78, 5) is 15.7. The third kappa shape index (κ3) is 4.65. The number of carbonyl (C=O) groups is 1. The van der Waals surface area contributed by atoms with Crippen molar-refractivity contribution in [2.45, 2.75) is 71.3 Å². The molecule has 0 spiro atoms. The van der Waals surface area contributed by atoms with Gasteiger partial charge in [-0.25, -0.2) is 9.78 Å². The van der Waals surface area contributed by atoms with Crippen LogP contribution in [0.15, 0.2) is 36.5 Å². The van der Waals surface area contributed by atoms with E-state index < -0.39 is 11.9 Å². The fraction of sp³-hybridized carbons (Fsp3) is 0.462. The van der Waals surface area contributed by atoms with Crippen molar-refractivity contribution < 1.29 is 14.3 Å². The van der Waals surface area contributed by atoms with Gasteiger partial charge in [0.2, 0.25) is 5.95 Å². The highest BCUT2D eigenvalue weighted by Gasteiger charge is 2.26. The average Bonchev–Trinajstić information content (AvgIpc) is 2.90. The molecule has 31 heavy (non-hydrogen) atoms. The number of benzene rings is 1. The number of aromatic nitrogens is 2. The lowest BCUT2D eigenvalue weighted by Crippen LogP contribution is -2.12. The average molecular weight is 423 g/mol. The van der Waals surface area contributed by atoms with Crippen LogP contribution in [0, 0.1) is 11.9 Å². The number of nitrogens with zero attached hydrogens (tertiary/aromatic N) is 2. The van der Waals surface area contributed by atoms with E-state index in [0.29, 0.717) is 18.0 Å². The van der Waals surface area contributed by atoms with E-state index in [1.165, 1.54) is 62.0 Å². The van der Waals surface area contributed by atoms with Crippen molar-refractivity contribution in [1.29, 1.82) is 0 Å². The Morgan fingerprint density at radius 1 is 1.26 bits per heavy atom. The van der Waals surface area contributed by atoms with Gasteiger partial charge in [0.1, 0.15) is 0 Å². The van der Waals surface area contributed by atoms with Crippen molar-refractivity contribution in [3.63, 3.8) is 0 Å². The minimum Gasteiger partial charge on any atom is -0.478 e. The van der Waals surface area contributed by atoms with Crippen molar-refractivity contribution in [3.8, 4) is 0 Å². The number of unbranched alkanes of at least 4 members (excludes halogenated alkanes) is 3. The molecule has 0 radical (unpaired) electrons. The molecule has 4 rings (SSSR count). The first-order chi connectivity index (χ1) is 15.1. The van der Waals surface area contributed by atoms with Crippen molar-refractivity contribution in [3.05, 3.63) is 64.9 Å². The predicted molar refractivity (Wildman–Crippen MR) is 121 cm³/mol. The van der Waals surface area contributed by atoms with E-state index in [1.807, 2.05) is 18.2 Å². The van der Waals surface area contributed by atoms with Gasteiger partial charge in [0.05, 0.1) is 11.1 Å². The Kier molecular flexibility index (Phi) is 6.69. The van der Waals surface area contributed by atoms with Gasteiger partial charge in [-0.3, -0.25) is 0 Å². The van der Waals surface area contributed by atoms with E-state index in [9.17, 15) is 14.3 Å². The molecule has 1 aliphatic carbocycles. The molecule has 3 aromatic rings. The standard InChI is InChI=1S/C26H31FN2O2/c1-2-3-4-5-8-18-9-6-10-20-21-11-7-12-22(26(30)31)25(21)29(23(20)15-18)17-19-13-14-28-24(27)16-19/h7,11-14,16,18H,2-6,8-10,15,17H2,1H3,(H,30,31). The predicted octanol–water partition coefficient (Wildman–Crippen LogP) is 6.39. The molecular formula is C26H31FN2O2. The molecule has 0 saturated carbocycles. The summed E-state index contributed by atoms with van der Waals surface area (Å²) in [5.41, 5.74) is 4.40. The lowest BCUT2D eigenvalue weighted by molar-refractivity contribution is 0.0698. The number of hydrogen-bond donors (Lipinski definition) is 1. The number of aryl methyl sites for hydroxylation is 1. The van der Waals surface area contributed by atoms with E-state index in [2.05, 4.69) is 16.5 Å². The molecule has 2 aromatic heterocycles. The highest BCUT2D eigenvalue weighted by molar-refractivity contribution is 6.04. The molecule has 0 bridgehead atoms. The second-order valence-corrected chi connectivity index (χ2v) is 8.82. The van der Waals surface area contributed by atoms with Crippen LogP contribution in [-0.4, -0.2) is 20.6 Å². The van der Waals surface area contributed by atoms with Crippen LogP contribution in [0.4, 0.5) is 4.39 Å². The summed E-state index contributed by atoms with van der Waals surface area (Å²) >= 11 is 0. The van der Waals surface area contributed by atoms with Crippen LogP contribution >= 0.6 is 0 Å². The smallest absolute Gasteiger partial charge is 0.337 e. The Morgan fingerprint density at radius 3 is 2.90 bits per heavy atom. The second kappa shape index (κ2) is 9.63.